The molecule has 150 valence electrons. The Bertz CT molecular complexity index is 606. The molecule has 0 atom stereocenters. The number of quaternary nitrogens is 1. The van der Waals surface area contributed by atoms with E-state index < -0.39 is 0 Å². The summed E-state index contributed by atoms with van der Waals surface area (Å²) in [6.07, 6.45) is 7.22. The number of carbonyl (C=O) groups is 1. The second-order valence-corrected chi connectivity index (χ2v) is 7.91. The number of rotatable bonds is 8. The highest BCUT2D eigenvalue weighted by Crippen LogP contribution is 2.29. The number of methoxy groups -OCH3 is 1. The Balaban J connectivity index is 1.45. The van der Waals surface area contributed by atoms with Crippen LogP contribution in [0.1, 0.15) is 51.0 Å². The van der Waals surface area contributed by atoms with Crippen LogP contribution in [0.3, 0.4) is 0 Å². The summed E-state index contributed by atoms with van der Waals surface area (Å²) < 4.78 is 11.1. The summed E-state index contributed by atoms with van der Waals surface area (Å²) in [5.41, 5.74) is 1.26. The van der Waals surface area contributed by atoms with Gasteiger partial charge < -0.3 is 19.3 Å². The Morgan fingerprint density at radius 3 is 2.59 bits per heavy atom. The molecule has 2 fully saturated rings. The normalized spacial score (nSPS) is 18.7. The third-order valence-electron chi connectivity index (χ3n) is 6.05. The molecular formula is C22H35N2O3+. The van der Waals surface area contributed by atoms with Gasteiger partial charge in [-0.2, -0.15) is 0 Å². The SMILES string of the molecule is CCOc1cc(C[NH+]2CCN(C(=O)CCC3CCCC3)CC2)ccc1OC. The van der Waals surface area contributed by atoms with Crippen LogP contribution in [0.5, 0.6) is 11.5 Å². The Morgan fingerprint density at radius 2 is 1.93 bits per heavy atom. The number of nitrogens with zero attached hydrogens (tertiary/aromatic N) is 1. The van der Waals surface area contributed by atoms with Crippen molar-refractivity contribution in [1.29, 1.82) is 0 Å². The number of amides is 1. The zero-order valence-corrected chi connectivity index (χ0v) is 17.0. The average Bonchev–Trinajstić information content (AvgIpc) is 3.21. The maximum atomic E-state index is 12.5. The Kier molecular flexibility index (Phi) is 7.39. The molecule has 1 saturated heterocycles. The smallest absolute Gasteiger partial charge is 0.222 e. The molecule has 0 unspecified atom stereocenters. The van der Waals surface area contributed by atoms with Gasteiger partial charge in [-0.1, -0.05) is 25.7 Å². The van der Waals surface area contributed by atoms with Crippen LogP contribution < -0.4 is 14.4 Å². The lowest BCUT2D eigenvalue weighted by Crippen LogP contribution is -3.13. The van der Waals surface area contributed by atoms with Gasteiger partial charge in [0.2, 0.25) is 5.91 Å². The van der Waals surface area contributed by atoms with Gasteiger partial charge in [0, 0.05) is 12.0 Å². The number of benzene rings is 1. The number of piperazine rings is 1. The summed E-state index contributed by atoms with van der Waals surface area (Å²) in [7, 11) is 1.67. The summed E-state index contributed by atoms with van der Waals surface area (Å²) in [5.74, 6) is 2.77. The summed E-state index contributed by atoms with van der Waals surface area (Å²) in [6, 6.07) is 6.20. The van der Waals surface area contributed by atoms with Crippen molar-refractivity contribution in [3.05, 3.63) is 23.8 Å². The van der Waals surface area contributed by atoms with Crippen molar-refractivity contribution in [3.63, 3.8) is 0 Å². The van der Waals surface area contributed by atoms with E-state index in [2.05, 4.69) is 17.0 Å². The van der Waals surface area contributed by atoms with Crippen LogP contribution >= 0.6 is 0 Å². The predicted octanol–water partition coefficient (Wildman–Crippen LogP) is 2.29. The number of hydrogen-bond donors (Lipinski definition) is 1. The van der Waals surface area contributed by atoms with Crippen molar-refractivity contribution in [2.24, 2.45) is 5.92 Å². The molecule has 0 bridgehead atoms. The van der Waals surface area contributed by atoms with E-state index in [0.29, 0.717) is 12.5 Å². The first kappa shape index (κ1) is 20.0. The minimum absolute atomic E-state index is 0.365. The van der Waals surface area contributed by atoms with Gasteiger partial charge >= 0.3 is 0 Å². The molecule has 3 rings (SSSR count). The molecule has 2 aliphatic rings. The van der Waals surface area contributed by atoms with Crippen LogP contribution in [-0.2, 0) is 11.3 Å². The molecule has 0 aromatic heterocycles. The molecule has 1 amide bonds. The highest BCUT2D eigenvalue weighted by Gasteiger charge is 2.25. The zero-order chi connectivity index (χ0) is 19.1. The van der Waals surface area contributed by atoms with E-state index in [1.165, 1.54) is 36.1 Å². The third kappa shape index (κ3) is 5.61. The summed E-state index contributed by atoms with van der Waals surface area (Å²) in [5, 5.41) is 0. The number of nitrogens with one attached hydrogen (secondary N) is 1. The molecule has 1 aromatic carbocycles. The van der Waals surface area contributed by atoms with E-state index in [4.69, 9.17) is 9.47 Å². The summed E-state index contributed by atoms with van der Waals surface area (Å²) >= 11 is 0. The molecule has 1 N–H and O–H groups in total. The number of carbonyl (C=O) groups excluding carboxylic acids is 1. The second-order valence-electron chi connectivity index (χ2n) is 7.91. The van der Waals surface area contributed by atoms with Crippen molar-refractivity contribution in [3.8, 4) is 11.5 Å². The maximum absolute atomic E-state index is 12.5. The second kappa shape index (κ2) is 9.98. The van der Waals surface area contributed by atoms with Crippen LogP contribution in [0.15, 0.2) is 18.2 Å². The fraction of sp³-hybridized carbons (Fsp3) is 0.682. The van der Waals surface area contributed by atoms with E-state index in [0.717, 1.165) is 63.0 Å². The molecular weight excluding hydrogens is 340 g/mol. The van der Waals surface area contributed by atoms with Crippen molar-refractivity contribution < 1.29 is 19.2 Å². The molecule has 1 aliphatic carbocycles. The maximum Gasteiger partial charge on any atom is 0.222 e. The first-order valence-corrected chi connectivity index (χ1v) is 10.6. The van der Waals surface area contributed by atoms with Gasteiger partial charge in [-0.25, -0.2) is 0 Å². The molecule has 0 radical (unpaired) electrons. The number of hydrogen-bond acceptors (Lipinski definition) is 3. The fourth-order valence-corrected chi connectivity index (χ4v) is 4.42. The van der Waals surface area contributed by atoms with Crippen molar-refractivity contribution in [1.82, 2.24) is 4.90 Å². The van der Waals surface area contributed by atoms with Gasteiger partial charge in [-0.15, -0.1) is 0 Å². The lowest BCUT2D eigenvalue weighted by molar-refractivity contribution is -0.917. The van der Waals surface area contributed by atoms with Crippen molar-refractivity contribution in [2.75, 3.05) is 39.9 Å². The van der Waals surface area contributed by atoms with Crippen molar-refractivity contribution in [2.45, 2.75) is 52.0 Å². The largest absolute Gasteiger partial charge is 0.493 e. The Morgan fingerprint density at radius 1 is 1.19 bits per heavy atom. The minimum atomic E-state index is 0.365. The van der Waals surface area contributed by atoms with E-state index in [1.807, 2.05) is 13.0 Å². The summed E-state index contributed by atoms with van der Waals surface area (Å²) in [4.78, 5) is 16.1. The molecule has 5 nitrogen and oxygen atoms in total. The molecule has 5 heteroatoms. The molecule has 1 heterocycles. The third-order valence-corrected chi connectivity index (χ3v) is 6.05. The Hall–Kier alpha value is -1.75. The van der Waals surface area contributed by atoms with Gasteiger partial charge in [0.15, 0.2) is 11.5 Å². The van der Waals surface area contributed by atoms with Crippen LogP contribution in [0.2, 0.25) is 0 Å². The van der Waals surface area contributed by atoms with Crippen LogP contribution in [0.4, 0.5) is 0 Å². The van der Waals surface area contributed by atoms with E-state index in [9.17, 15) is 4.79 Å². The highest BCUT2D eigenvalue weighted by atomic mass is 16.5. The van der Waals surface area contributed by atoms with Gasteiger partial charge in [0.1, 0.15) is 6.54 Å². The molecule has 1 saturated carbocycles. The molecule has 1 aliphatic heterocycles. The van der Waals surface area contributed by atoms with E-state index in [1.54, 1.807) is 7.11 Å². The first-order chi connectivity index (χ1) is 13.2. The topological polar surface area (TPSA) is 43.2 Å². The van der Waals surface area contributed by atoms with Gasteiger partial charge in [-0.05, 0) is 37.5 Å². The summed E-state index contributed by atoms with van der Waals surface area (Å²) in [6.45, 7) is 7.39. The quantitative estimate of drug-likeness (QED) is 0.758. The molecule has 1 aromatic rings. The van der Waals surface area contributed by atoms with E-state index >= 15 is 0 Å². The molecule has 27 heavy (non-hydrogen) atoms. The lowest BCUT2D eigenvalue weighted by Gasteiger charge is -2.32. The number of ether oxygens (including phenoxy) is 2. The van der Waals surface area contributed by atoms with Crippen LogP contribution in [0, 0.1) is 5.92 Å². The van der Waals surface area contributed by atoms with Crippen LogP contribution in [-0.4, -0.2) is 50.7 Å². The van der Waals surface area contributed by atoms with Crippen molar-refractivity contribution >= 4 is 5.91 Å². The van der Waals surface area contributed by atoms with Gasteiger partial charge in [0.25, 0.3) is 0 Å². The van der Waals surface area contributed by atoms with Gasteiger partial charge in [0.05, 0.1) is 39.9 Å². The zero-order valence-electron chi connectivity index (χ0n) is 17.0. The predicted molar refractivity (Wildman–Crippen MR) is 106 cm³/mol. The average molecular weight is 376 g/mol. The lowest BCUT2D eigenvalue weighted by atomic mass is 10.0. The monoisotopic (exact) mass is 375 g/mol. The van der Waals surface area contributed by atoms with E-state index in [-0.39, 0.29) is 0 Å². The van der Waals surface area contributed by atoms with Gasteiger partial charge in [-0.3, -0.25) is 4.79 Å². The fourth-order valence-electron chi connectivity index (χ4n) is 4.42. The van der Waals surface area contributed by atoms with Crippen LogP contribution in [0.25, 0.3) is 0 Å². The Labute approximate surface area is 163 Å². The molecule has 0 spiro atoms. The minimum Gasteiger partial charge on any atom is -0.493 e. The highest BCUT2D eigenvalue weighted by molar-refractivity contribution is 5.76. The standard InChI is InChI=1S/C22H34N2O3/c1-3-27-21-16-19(8-10-20(21)26-2)17-23-12-14-24(15-13-23)22(25)11-9-18-6-4-5-7-18/h8,10,16,18H,3-7,9,11-15,17H2,1-2H3/p+1. The first-order valence-electron chi connectivity index (χ1n) is 10.6.